The zero-order valence-electron chi connectivity index (χ0n) is 18.1. The maximum absolute atomic E-state index is 11.8. The lowest BCUT2D eigenvalue weighted by Crippen LogP contribution is -2.50. The minimum absolute atomic E-state index is 0. The van der Waals surface area contributed by atoms with E-state index in [0.717, 1.165) is 56.9 Å². The molecule has 1 aromatic rings. The third-order valence-electron chi connectivity index (χ3n) is 5.30. The monoisotopic (exact) mass is 516 g/mol. The second-order valence-electron chi connectivity index (χ2n) is 7.47. The van der Waals surface area contributed by atoms with Gasteiger partial charge in [0.2, 0.25) is 0 Å². The number of benzene rings is 1. The van der Waals surface area contributed by atoms with Crippen molar-refractivity contribution in [1.29, 1.82) is 0 Å². The van der Waals surface area contributed by atoms with E-state index in [1.807, 2.05) is 24.3 Å². The quantitative estimate of drug-likeness (QED) is 0.267. The molecule has 164 valence electrons. The summed E-state index contributed by atoms with van der Waals surface area (Å²) < 4.78 is 6.25. The average molecular weight is 516 g/mol. The van der Waals surface area contributed by atoms with E-state index in [0.29, 0.717) is 5.56 Å². The van der Waals surface area contributed by atoms with E-state index in [9.17, 15) is 4.79 Å². The van der Waals surface area contributed by atoms with Crippen LogP contribution in [0.3, 0.4) is 0 Å². The van der Waals surface area contributed by atoms with Crippen LogP contribution in [0.25, 0.3) is 0 Å². The molecule has 0 radical (unpaired) electrons. The molecular formula is C22H37IN4O2. The van der Waals surface area contributed by atoms with Gasteiger partial charge in [-0.1, -0.05) is 38.3 Å². The summed E-state index contributed by atoms with van der Waals surface area (Å²) >= 11 is 0. The molecule has 1 amide bonds. The second-order valence-corrected chi connectivity index (χ2v) is 7.47. The molecule has 0 heterocycles. The maximum atomic E-state index is 11.8. The number of carbonyl (C=O) groups is 1. The molecule has 6 nitrogen and oxygen atoms in total. The van der Waals surface area contributed by atoms with Crippen LogP contribution < -0.4 is 16.0 Å². The molecule has 1 fully saturated rings. The average Bonchev–Trinajstić information content (AvgIpc) is 2.75. The summed E-state index contributed by atoms with van der Waals surface area (Å²) in [5, 5.41) is 9.50. The lowest BCUT2D eigenvalue weighted by molar-refractivity contribution is -0.0657. The van der Waals surface area contributed by atoms with Crippen molar-refractivity contribution in [3.8, 4) is 0 Å². The molecule has 0 spiro atoms. The van der Waals surface area contributed by atoms with Crippen LogP contribution in [0, 0.1) is 0 Å². The van der Waals surface area contributed by atoms with E-state index in [2.05, 4.69) is 27.9 Å². The van der Waals surface area contributed by atoms with Gasteiger partial charge < -0.3 is 20.7 Å². The molecule has 0 atom stereocenters. The molecule has 1 aliphatic rings. The Morgan fingerprint density at radius 2 is 1.97 bits per heavy atom. The lowest BCUT2D eigenvalue weighted by atomic mass is 9.84. The zero-order valence-corrected chi connectivity index (χ0v) is 20.4. The standard InChI is InChI=1S/C22H36N4O2.HI/c1-4-15-28-22(12-6-5-7-13-22)17-26-21(24-3)25-14-11-18-9-8-10-19(16-18)20(27)23-2;/h8-10,16H,4-7,11-15,17H2,1-3H3,(H,23,27)(H2,24,25,26);1H. The summed E-state index contributed by atoms with van der Waals surface area (Å²) in [5.74, 6) is 0.740. The number of rotatable bonds is 9. The lowest BCUT2D eigenvalue weighted by Gasteiger charge is -2.37. The van der Waals surface area contributed by atoms with Gasteiger partial charge in [0.05, 0.1) is 5.60 Å². The second kappa shape index (κ2) is 13.8. The van der Waals surface area contributed by atoms with Gasteiger partial charge >= 0.3 is 0 Å². The smallest absolute Gasteiger partial charge is 0.251 e. The number of amides is 1. The van der Waals surface area contributed by atoms with Crippen LogP contribution in [0.15, 0.2) is 29.3 Å². The van der Waals surface area contributed by atoms with Crippen LogP contribution in [0.1, 0.15) is 61.4 Å². The topological polar surface area (TPSA) is 74.8 Å². The Kier molecular flexibility index (Phi) is 12.2. The van der Waals surface area contributed by atoms with Crippen LogP contribution in [0.4, 0.5) is 0 Å². The predicted octanol–water partition coefficient (Wildman–Crippen LogP) is 3.50. The third kappa shape index (κ3) is 8.50. The summed E-state index contributed by atoms with van der Waals surface area (Å²) in [6.45, 7) is 4.51. The van der Waals surface area contributed by atoms with E-state index >= 15 is 0 Å². The highest BCUT2D eigenvalue weighted by Gasteiger charge is 2.32. The summed E-state index contributed by atoms with van der Waals surface area (Å²) in [4.78, 5) is 16.1. The molecule has 0 aromatic heterocycles. The molecule has 1 saturated carbocycles. The number of hydrogen-bond acceptors (Lipinski definition) is 3. The van der Waals surface area contributed by atoms with Crippen molar-refractivity contribution in [2.75, 3.05) is 33.8 Å². The van der Waals surface area contributed by atoms with E-state index in [1.54, 1.807) is 14.1 Å². The summed E-state index contributed by atoms with van der Waals surface area (Å²) in [6.07, 6.45) is 7.87. The van der Waals surface area contributed by atoms with Gasteiger partial charge in [0, 0.05) is 39.4 Å². The molecule has 0 unspecified atom stereocenters. The van der Waals surface area contributed by atoms with Crippen LogP contribution in [-0.4, -0.2) is 51.3 Å². The van der Waals surface area contributed by atoms with Crippen molar-refractivity contribution in [3.63, 3.8) is 0 Å². The fourth-order valence-corrected chi connectivity index (χ4v) is 3.69. The number of nitrogens with zero attached hydrogens (tertiary/aromatic N) is 1. The fourth-order valence-electron chi connectivity index (χ4n) is 3.69. The highest BCUT2D eigenvalue weighted by molar-refractivity contribution is 14.0. The predicted molar refractivity (Wildman–Crippen MR) is 130 cm³/mol. The summed E-state index contributed by atoms with van der Waals surface area (Å²) in [6, 6.07) is 7.73. The van der Waals surface area contributed by atoms with E-state index in [-0.39, 0.29) is 35.5 Å². The van der Waals surface area contributed by atoms with Gasteiger partial charge in [-0.15, -0.1) is 24.0 Å². The number of carbonyl (C=O) groups excluding carboxylic acids is 1. The normalized spacial score (nSPS) is 15.9. The number of guanidine groups is 1. The molecule has 2 rings (SSSR count). The number of aliphatic imine (C=N–C) groups is 1. The van der Waals surface area contributed by atoms with Gasteiger partial charge in [-0.3, -0.25) is 9.79 Å². The molecule has 7 heteroatoms. The third-order valence-corrected chi connectivity index (χ3v) is 5.30. The van der Waals surface area contributed by atoms with Gasteiger partial charge in [-0.2, -0.15) is 0 Å². The van der Waals surface area contributed by atoms with Crippen LogP contribution in [-0.2, 0) is 11.2 Å². The van der Waals surface area contributed by atoms with E-state index < -0.39 is 0 Å². The maximum Gasteiger partial charge on any atom is 0.251 e. The van der Waals surface area contributed by atoms with Crippen molar-refractivity contribution < 1.29 is 9.53 Å². The Morgan fingerprint density at radius 1 is 1.21 bits per heavy atom. The minimum Gasteiger partial charge on any atom is -0.373 e. The van der Waals surface area contributed by atoms with Crippen molar-refractivity contribution >= 4 is 35.8 Å². The Bertz CT molecular complexity index is 645. The SMILES string of the molecule is CCCOC1(CNC(=NC)NCCc2cccc(C(=O)NC)c2)CCCCC1.I. The highest BCUT2D eigenvalue weighted by atomic mass is 127. The Labute approximate surface area is 192 Å². The molecule has 0 bridgehead atoms. The largest absolute Gasteiger partial charge is 0.373 e. The molecule has 29 heavy (non-hydrogen) atoms. The van der Waals surface area contributed by atoms with Crippen molar-refractivity contribution in [3.05, 3.63) is 35.4 Å². The number of ether oxygens (including phenoxy) is 1. The summed E-state index contributed by atoms with van der Waals surface area (Å²) in [7, 11) is 3.44. The van der Waals surface area contributed by atoms with Crippen molar-refractivity contribution in [2.24, 2.45) is 4.99 Å². The molecule has 1 aromatic carbocycles. The van der Waals surface area contributed by atoms with Gasteiger partial charge in [0.1, 0.15) is 0 Å². The molecular weight excluding hydrogens is 479 g/mol. The van der Waals surface area contributed by atoms with Crippen LogP contribution in [0.2, 0.25) is 0 Å². The molecule has 3 N–H and O–H groups in total. The number of hydrogen-bond donors (Lipinski definition) is 3. The Hall–Kier alpha value is -1.35. The first-order chi connectivity index (χ1) is 13.6. The highest BCUT2D eigenvalue weighted by Crippen LogP contribution is 2.31. The van der Waals surface area contributed by atoms with Crippen LogP contribution >= 0.6 is 24.0 Å². The van der Waals surface area contributed by atoms with Crippen LogP contribution in [0.5, 0.6) is 0 Å². The van der Waals surface area contributed by atoms with E-state index in [4.69, 9.17) is 4.74 Å². The Morgan fingerprint density at radius 3 is 2.62 bits per heavy atom. The van der Waals surface area contributed by atoms with Gasteiger partial charge in [0.25, 0.3) is 5.91 Å². The molecule has 0 saturated heterocycles. The summed E-state index contributed by atoms with van der Waals surface area (Å²) in [5.41, 5.74) is 1.75. The number of nitrogens with one attached hydrogen (secondary N) is 3. The van der Waals surface area contributed by atoms with Crippen molar-refractivity contribution in [2.45, 2.75) is 57.5 Å². The zero-order chi connectivity index (χ0) is 20.2. The van der Waals surface area contributed by atoms with Crippen molar-refractivity contribution in [1.82, 2.24) is 16.0 Å². The first-order valence-corrected chi connectivity index (χ1v) is 10.5. The molecule has 1 aliphatic carbocycles. The van der Waals surface area contributed by atoms with E-state index in [1.165, 1.54) is 19.3 Å². The van der Waals surface area contributed by atoms with Gasteiger partial charge in [0.15, 0.2) is 5.96 Å². The minimum atomic E-state index is -0.0618. The first-order valence-electron chi connectivity index (χ1n) is 10.5. The van der Waals surface area contributed by atoms with Gasteiger partial charge in [-0.25, -0.2) is 0 Å². The first kappa shape index (κ1) is 25.7. The molecule has 0 aliphatic heterocycles. The Balaban J connectivity index is 0.00000420. The number of halogens is 1. The van der Waals surface area contributed by atoms with Gasteiger partial charge in [-0.05, 0) is 43.4 Å². The fraction of sp³-hybridized carbons (Fsp3) is 0.636.